The van der Waals surface area contributed by atoms with Crippen LogP contribution in [0.5, 0.6) is 0 Å². The number of carbonyl (C=O) groups excluding carboxylic acids is 1. The number of aliphatic hydroxyl groups is 1. The predicted molar refractivity (Wildman–Crippen MR) is 362 cm³/mol. The summed E-state index contributed by atoms with van der Waals surface area (Å²) < 4.78 is 3.39. The van der Waals surface area contributed by atoms with Gasteiger partial charge in [0.2, 0.25) is 0 Å². The van der Waals surface area contributed by atoms with Crippen molar-refractivity contribution in [2.75, 3.05) is 0 Å². The molecule has 0 aliphatic heterocycles. The molecule has 0 amide bonds. The summed E-state index contributed by atoms with van der Waals surface area (Å²) in [5.41, 5.74) is 16.0. The van der Waals surface area contributed by atoms with Crippen molar-refractivity contribution in [1.29, 1.82) is 0 Å². The SMILES string of the molecule is Brc1ccc(I)cc1.O=C1c2cc(-c3ccc4ccccc4c3)ccc2-c2ccc(-c3ccc4ccccc4c3)cc21.OC1(c2ccc(Br)cc2)c2cc(-c3ccc4ccccc4c3)ccc2-c2ccc(-c3ccc4ccccc4c3)cc21. The molecule has 14 aromatic rings. The summed E-state index contributed by atoms with van der Waals surface area (Å²) in [6.07, 6.45) is 0. The molecule has 0 bridgehead atoms. The smallest absolute Gasteiger partial charge is 0.194 e. The number of hydrogen-bond acceptors (Lipinski definition) is 2. The number of carbonyl (C=O) groups is 1. The van der Waals surface area contributed by atoms with E-state index in [0.29, 0.717) is 0 Å². The van der Waals surface area contributed by atoms with Crippen LogP contribution in [0.3, 0.4) is 0 Å². The van der Waals surface area contributed by atoms with Gasteiger partial charge in [0.05, 0.1) is 0 Å². The lowest BCUT2D eigenvalue weighted by Gasteiger charge is -2.27. The van der Waals surface area contributed by atoms with Gasteiger partial charge in [0.15, 0.2) is 5.78 Å². The average Bonchev–Trinajstić information content (AvgIpc) is 2.85. The Morgan fingerprint density at radius 1 is 0.277 bits per heavy atom. The zero-order chi connectivity index (χ0) is 56.2. The monoisotopic (exact) mass is 1300 g/mol. The molecule has 0 radical (unpaired) electrons. The van der Waals surface area contributed by atoms with E-state index in [1.165, 1.54) is 46.7 Å². The lowest BCUT2D eigenvalue weighted by atomic mass is 9.82. The van der Waals surface area contributed by atoms with E-state index in [4.69, 9.17) is 0 Å². The quantitative estimate of drug-likeness (QED) is 0.174. The maximum absolute atomic E-state index is 13.5. The summed E-state index contributed by atoms with van der Waals surface area (Å²) in [4.78, 5) is 13.5. The van der Waals surface area contributed by atoms with Crippen molar-refractivity contribution >= 4 is 103 Å². The van der Waals surface area contributed by atoms with Gasteiger partial charge in [-0.15, -0.1) is 0 Å². The number of hydrogen-bond donors (Lipinski definition) is 1. The summed E-state index contributed by atoms with van der Waals surface area (Å²) >= 11 is 9.20. The van der Waals surface area contributed by atoms with Crippen molar-refractivity contribution in [2.45, 2.75) is 5.60 Å². The number of halogens is 3. The Morgan fingerprint density at radius 2 is 0.554 bits per heavy atom. The highest BCUT2D eigenvalue weighted by Crippen LogP contribution is 2.53. The summed E-state index contributed by atoms with van der Waals surface area (Å²) in [6, 6.07) is 102. The minimum atomic E-state index is -1.29. The third-order valence-electron chi connectivity index (χ3n) is 16.3. The van der Waals surface area contributed by atoms with Gasteiger partial charge in [-0.25, -0.2) is 0 Å². The van der Waals surface area contributed by atoms with Gasteiger partial charge in [0.25, 0.3) is 0 Å². The highest BCUT2D eigenvalue weighted by atomic mass is 127. The van der Waals surface area contributed by atoms with Gasteiger partial charge < -0.3 is 5.11 Å². The minimum absolute atomic E-state index is 0.107. The highest BCUT2D eigenvalue weighted by Gasteiger charge is 2.43. The first kappa shape index (κ1) is 52.5. The van der Waals surface area contributed by atoms with E-state index in [9.17, 15) is 9.90 Å². The van der Waals surface area contributed by atoms with E-state index in [2.05, 4.69) is 309 Å². The van der Waals surface area contributed by atoms with Crippen LogP contribution in [0.25, 0.3) is 110 Å². The van der Waals surface area contributed by atoms with Crippen LogP contribution in [0, 0.1) is 3.57 Å². The first-order valence-electron chi connectivity index (χ1n) is 27.6. The predicted octanol–water partition coefficient (Wildman–Crippen LogP) is 21.9. The van der Waals surface area contributed by atoms with Crippen LogP contribution in [-0.2, 0) is 5.60 Å². The molecule has 394 valence electrons. The molecule has 16 rings (SSSR count). The summed E-state index contributed by atoms with van der Waals surface area (Å²) in [7, 11) is 0. The molecular weight excluding hydrogens is 1260 g/mol. The summed E-state index contributed by atoms with van der Waals surface area (Å²) in [5, 5.41) is 22.5. The Hall–Kier alpha value is -8.56. The van der Waals surface area contributed by atoms with Crippen LogP contribution in [0.15, 0.2) is 300 Å². The maximum Gasteiger partial charge on any atom is 0.194 e. The molecule has 14 aromatic carbocycles. The molecule has 2 nitrogen and oxygen atoms in total. The molecule has 0 aromatic heterocycles. The molecule has 0 heterocycles. The number of rotatable bonds is 5. The maximum atomic E-state index is 13.5. The minimum Gasteiger partial charge on any atom is -0.376 e. The number of fused-ring (bicyclic) bond motifs is 10. The topological polar surface area (TPSA) is 37.3 Å². The number of benzene rings is 14. The normalized spacial score (nSPS) is 12.5. The van der Waals surface area contributed by atoms with Crippen molar-refractivity contribution < 1.29 is 9.90 Å². The molecule has 0 atom stereocenters. The second kappa shape index (κ2) is 22.0. The van der Waals surface area contributed by atoms with Crippen molar-refractivity contribution in [3.63, 3.8) is 0 Å². The molecule has 83 heavy (non-hydrogen) atoms. The molecule has 5 heteroatoms. The van der Waals surface area contributed by atoms with Crippen molar-refractivity contribution in [1.82, 2.24) is 0 Å². The van der Waals surface area contributed by atoms with Gasteiger partial charge in [0.1, 0.15) is 5.60 Å². The third-order valence-corrected chi connectivity index (χ3v) is 18.1. The van der Waals surface area contributed by atoms with Crippen molar-refractivity contribution in [2.24, 2.45) is 0 Å². The first-order chi connectivity index (χ1) is 40.6. The van der Waals surface area contributed by atoms with E-state index in [1.54, 1.807) is 0 Å². The average molecular weight is 1300 g/mol. The van der Waals surface area contributed by atoms with Crippen LogP contribution in [0.1, 0.15) is 32.6 Å². The van der Waals surface area contributed by atoms with Gasteiger partial charge in [-0.1, -0.05) is 238 Å². The zero-order valence-electron chi connectivity index (χ0n) is 44.7. The third kappa shape index (κ3) is 10.0. The largest absolute Gasteiger partial charge is 0.376 e. The number of ketones is 1. The van der Waals surface area contributed by atoms with Crippen molar-refractivity contribution in [3.8, 4) is 66.8 Å². The molecule has 2 aliphatic rings. The van der Waals surface area contributed by atoms with E-state index in [-0.39, 0.29) is 5.78 Å². The summed E-state index contributed by atoms with van der Waals surface area (Å²) in [6.45, 7) is 0. The van der Waals surface area contributed by atoms with Gasteiger partial charge in [-0.05, 0) is 223 Å². The van der Waals surface area contributed by atoms with Gasteiger partial charge >= 0.3 is 0 Å². The fourth-order valence-electron chi connectivity index (χ4n) is 12.0. The molecule has 1 N–H and O–H groups in total. The molecule has 0 unspecified atom stereocenters. The molecule has 0 spiro atoms. The van der Waals surface area contributed by atoms with Gasteiger partial charge in [-0.3, -0.25) is 4.79 Å². The van der Waals surface area contributed by atoms with Gasteiger partial charge in [-0.2, -0.15) is 0 Å². The second-order valence-electron chi connectivity index (χ2n) is 21.3. The van der Waals surface area contributed by atoms with Crippen molar-refractivity contribution in [3.05, 3.63) is 332 Å². The van der Waals surface area contributed by atoms with Crippen LogP contribution < -0.4 is 0 Å². The van der Waals surface area contributed by atoms with Crippen LogP contribution >= 0.6 is 54.5 Å². The summed E-state index contributed by atoms with van der Waals surface area (Å²) in [5.74, 6) is 0.107. The molecule has 2 aliphatic carbocycles. The standard InChI is InChI=1S/C39H25BrO.C33H20O.C6H4BrI/c40-34-17-15-33(16-18-34)39(41)37-23-31(29-11-9-25-5-1-3-7-27(25)21-29)13-19-35(37)36-20-14-32(24-38(36)39)30-12-10-26-6-2-4-8-28(26)22-30;34-33-31-19-27(25-11-9-21-5-1-3-7-23(21)17-25)13-15-29(31)30-16-14-28(20-32(30)33)26-12-10-22-6-2-4-8-24(22)18-26;7-5-1-3-6(8)4-2-5/h1-24,41H;1-20H;1-4H. The molecule has 0 fully saturated rings. The van der Waals surface area contributed by atoms with E-state index in [0.717, 1.165) is 104 Å². The van der Waals surface area contributed by atoms with E-state index < -0.39 is 5.60 Å². The Morgan fingerprint density at radius 3 is 0.892 bits per heavy atom. The Kier molecular flexibility index (Phi) is 13.9. The van der Waals surface area contributed by atoms with Crippen LogP contribution in [0.4, 0.5) is 0 Å². The first-order valence-corrected chi connectivity index (χ1v) is 30.3. The Labute approximate surface area is 512 Å². The molecular formula is C78H49Br2IO2. The van der Waals surface area contributed by atoms with Crippen LogP contribution in [0.2, 0.25) is 0 Å². The van der Waals surface area contributed by atoms with E-state index in [1.807, 2.05) is 36.4 Å². The fraction of sp³-hybridized carbons (Fsp3) is 0.0128. The van der Waals surface area contributed by atoms with Crippen LogP contribution in [-0.4, -0.2) is 10.9 Å². The Balaban J connectivity index is 0.000000132. The zero-order valence-corrected chi connectivity index (χ0v) is 50.0. The Bertz CT molecular complexity index is 4590. The fourth-order valence-corrected chi connectivity index (χ4v) is 12.9. The highest BCUT2D eigenvalue weighted by molar-refractivity contribution is 14.1. The van der Waals surface area contributed by atoms with E-state index >= 15 is 0 Å². The lowest BCUT2D eigenvalue weighted by molar-refractivity contribution is 0.104. The second-order valence-corrected chi connectivity index (χ2v) is 24.3. The molecule has 0 saturated heterocycles. The molecule has 0 saturated carbocycles. The lowest BCUT2D eigenvalue weighted by Crippen LogP contribution is -2.26. The van der Waals surface area contributed by atoms with Gasteiger partial charge in [0, 0.05) is 34.8 Å².